The molecule has 3 rings (SSSR count). The smallest absolute Gasteiger partial charge is 0.272 e. The molecule has 112 valence electrons. The van der Waals surface area contributed by atoms with Crippen molar-refractivity contribution in [1.82, 2.24) is 4.57 Å². The fourth-order valence-electron chi connectivity index (χ4n) is 2.30. The van der Waals surface area contributed by atoms with Crippen molar-refractivity contribution in [1.29, 1.82) is 0 Å². The average molecular weight is 298 g/mol. The van der Waals surface area contributed by atoms with Crippen LogP contribution < -0.4 is 5.32 Å². The molecule has 2 aromatic heterocycles. The van der Waals surface area contributed by atoms with Gasteiger partial charge in [-0.1, -0.05) is 12.2 Å². The predicted octanol–water partition coefficient (Wildman–Crippen LogP) is 4.20. The minimum atomic E-state index is -0.341. The van der Waals surface area contributed by atoms with Gasteiger partial charge < -0.3 is 14.3 Å². The Morgan fingerprint density at radius 1 is 1.32 bits per heavy atom. The van der Waals surface area contributed by atoms with Gasteiger partial charge in [0.2, 0.25) is 0 Å². The summed E-state index contributed by atoms with van der Waals surface area (Å²) in [6, 6.07) is 9.19. The van der Waals surface area contributed by atoms with Crippen LogP contribution in [-0.2, 0) is 6.54 Å². The minimum Gasteiger partial charge on any atom is -0.463 e. The summed E-state index contributed by atoms with van der Waals surface area (Å²) in [5.74, 6) is -0.602. The lowest BCUT2D eigenvalue weighted by atomic mass is 10.3. The molecule has 0 aliphatic heterocycles. The number of allylic oxidation sites excluding steroid dienone is 2. The Bertz CT molecular complexity index is 828. The number of amides is 1. The maximum Gasteiger partial charge on any atom is 0.272 e. The maximum atomic E-state index is 12.9. The van der Waals surface area contributed by atoms with Gasteiger partial charge in [-0.05, 0) is 31.2 Å². The molecule has 1 N–H and O–H groups in total. The highest BCUT2D eigenvalue weighted by molar-refractivity contribution is 6.05. The number of carbonyl (C=O) groups is 1. The fourth-order valence-corrected chi connectivity index (χ4v) is 2.30. The summed E-state index contributed by atoms with van der Waals surface area (Å²) in [6.45, 7) is 2.50. The normalized spacial score (nSPS) is 11.4. The molecule has 0 aliphatic carbocycles. The van der Waals surface area contributed by atoms with E-state index in [1.165, 1.54) is 24.3 Å². The molecule has 0 bridgehead atoms. The van der Waals surface area contributed by atoms with E-state index >= 15 is 0 Å². The molecule has 5 heteroatoms. The number of nitrogens with zero attached hydrogens (tertiary/aromatic N) is 1. The topological polar surface area (TPSA) is 47.2 Å². The highest BCUT2D eigenvalue weighted by Gasteiger charge is 2.16. The molecule has 1 amide bonds. The van der Waals surface area contributed by atoms with Crippen LogP contribution in [0.3, 0.4) is 0 Å². The Morgan fingerprint density at radius 3 is 2.82 bits per heavy atom. The van der Waals surface area contributed by atoms with E-state index in [0.717, 1.165) is 5.52 Å². The van der Waals surface area contributed by atoms with Crippen LogP contribution >= 0.6 is 0 Å². The number of nitrogens with one attached hydrogen (secondary N) is 1. The van der Waals surface area contributed by atoms with E-state index in [0.29, 0.717) is 23.5 Å². The number of furan rings is 1. The number of aromatic nitrogens is 1. The first kappa shape index (κ1) is 14.1. The van der Waals surface area contributed by atoms with Gasteiger partial charge in [0.25, 0.3) is 5.91 Å². The van der Waals surface area contributed by atoms with Gasteiger partial charge >= 0.3 is 0 Å². The quantitative estimate of drug-likeness (QED) is 0.734. The van der Waals surface area contributed by atoms with Crippen molar-refractivity contribution >= 4 is 22.7 Å². The Kier molecular flexibility index (Phi) is 3.78. The lowest BCUT2D eigenvalue weighted by Crippen LogP contribution is -2.16. The van der Waals surface area contributed by atoms with Crippen LogP contribution in [0.25, 0.3) is 11.1 Å². The number of anilines is 1. The van der Waals surface area contributed by atoms with Gasteiger partial charge in [0.15, 0.2) is 5.58 Å². The summed E-state index contributed by atoms with van der Waals surface area (Å²) < 4.78 is 20.1. The Balaban J connectivity index is 1.92. The molecule has 2 heterocycles. The van der Waals surface area contributed by atoms with Gasteiger partial charge in [0.1, 0.15) is 11.5 Å². The Hall–Kier alpha value is -2.82. The van der Waals surface area contributed by atoms with Crippen LogP contribution in [0.4, 0.5) is 10.1 Å². The number of carbonyl (C=O) groups excluding carboxylic acids is 1. The molecule has 0 saturated carbocycles. The summed E-state index contributed by atoms with van der Waals surface area (Å²) >= 11 is 0. The molecule has 0 atom stereocenters. The van der Waals surface area contributed by atoms with E-state index in [4.69, 9.17) is 4.42 Å². The summed E-state index contributed by atoms with van der Waals surface area (Å²) in [4.78, 5) is 12.5. The minimum absolute atomic E-state index is 0.262. The van der Waals surface area contributed by atoms with Gasteiger partial charge in [-0.2, -0.15) is 0 Å². The third-order valence-corrected chi connectivity index (χ3v) is 3.38. The molecular weight excluding hydrogens is 283 g/mol. The number of rotatable bonds is 4. The van der Waals surface area contributed by atoms with Crippen molar-refractivity contribution in [2.24, 2.45) is 0 Å². The fraction of sp³-hybridized carbons (Fsp3) is 0.118. The van der Waals surface area contributed by atoms with Gasteiger partial charge in [-0.25, -0.2) is 4.39 Å². The predicted molar refractivity (Wildman–Crippen MR) is 83.4 cm³/mol. The standard InChI is InChI=1S/C17H15FN2O2/c1-2-3-9-20-14-8-10-22-16(14)11-15(20)17(21)19-13-6-4-12(18)5-7-13/h2-8,10-11H,9H2,1H3,(H,19,21)/b3-2-. The highest BCUT2D eigenvalue weighted by atomic mass is 19.1. The first-order valence-electron chi connectivity index (χ1n) is 6.94. The van der Waals surface area contributed by atoms with Gasteiger partial charge in [-0.15, -0.1) is 0 Å². The zero-order chi connectivity index (χ0) is 15.5. The summed E-state index contributed by atoms with van der Waals surface area (Å²) in [5, 5.41) is 2.76. The Morgan fingerprint density at radius 2 is 2.09 bits per heavy atom. The lowest BCUT2D eigenvalue weighted by Gasteiger charge is -2.08. The van der Waals surface area contributed by atoms with Crippen molar-refractivity contribution < 1.29 is 13.6 Å². The second kappa shape index (κ2) is 5.89. The monoisotopic (exact) mass is 298 g/mol. The third kappa shape index (κ3) is 2.65. The third-order valence-electron chi connectivity index (χ3n) is 3.38. The molecule has 1 aromatic carbocycles. The molecule has 0 spiro atoms. The summed E-state index contributed by atoms with van der Waals surface area (Å²) in [6.07, 6.45) is 5.48. The van der Waals surface area contributed by atoms with E-state index in [-0.39, 0.29) is 11.7 Å². The highest BCUT2D eigenvalue weighted by Crippen LogP contribution is 2.22. The van der Waals surface area contributed by atoms with Gasteiger partial charge in [0, 0.05) is 24.4 Å². The average Bonchev–Trinajstić information content (AvgIpc) is 3.08. The first-order chi connectivity index (χ1) is 10.7. The van der Waals surface area contributed by atoms with Crippen LogP contribution in [0.5, 0.6) is 0 Å². The van der Waals surface area contributed by atoms with E-state index in [9.17, 15) is 9.18 Å². The molecule has 0 saturated heterocycles. The Labute approximate surface area is 126 Å². The van der Waals surface area contributed by atoms with E-state index in [2.05, 4.69) is 5.32 Å². The summed E-state index contributed by atoms with van der Waals surface area (Å²) in [5.41, 5.74) is 2.56. The molecule has 0 unspecified atom stereocenters. The number of hydrogen-bond donors (Lipinski definition) is 1. The number of benzene rings is 1. The second-order valence-corrected chi connectivity index (χ2v) is 4.84. The van der Waals surface area contributed by atoms with Crippen LogP contribution in [0.1, 0.15) is 17.4 Å². The number of halogens is 1. The summed E-state index contributed by atoms with van der Waals surface area (Å²) in [7, 11) is 0. The molecule has 3 aromatic rings. The zero-order valence-electron chi connectivity index (χ0n) is 12.0. The van der Waals surface area contributed by atoms with Crippen molar-refractivity contribution in [3.63, 3.8) is 0 Å². The van der Waals surface area contributed by atoms with Crippen LogP contribution in [0.2, 0.25) is 0 Å². The molecular formula is C17H15FN2O2. The largest absolute Gasteiger partial charge is 0.463 e. The van der Waals surface area contributed by atoms with Crippen molar-refractivity contribution in [3.8, 4) is 0 Å². The first-order valence-corrected chi connectivity index (χ1v) is 6.94. The number of fused-ring (bicyclic) bond motifs is 1. The van der Waals surface area contributed by atoms with Gasteiger partial charge in [0.05, 0.1) is 11.8 Å². The molecule has 0 fully saturated rings. The van der Waals surface area contributed by atoms with Crippen LogP contribution in [-0.4, -0.2) is 10.5 Å². The molecule has 4 nitrogen and oxygen atoms in total. The zero-order valence-corrected chi connectivity index (χ0v) is 12.0. The van der Waals surface area contributed by atoms with E-state index in [1.807, 2.05) is 29.7 Å². The second-order valence-electron chi connectivity index (χ2n) is 4.84. The van der Waals surface area contributed by atoms with E-state index in [1.54, 1.807) is 12.3 Å². The molecule has 22 heavy (non-hydrogen) atoms. The molecule has 0 radical (unpaired) electrons. The maximum absolute atomic E-state index is 12.9. The van der Waals surface area contributed by atoms with Crippen molar-refractivity contribution in [2.45, 2.75) is 13.5 Å². The van der Waals surface area contributed by atoms with Crippen LogP contribution in [0, 0.1) is 5.82 Å². The lowest BCUT2D eigenvalue weighted by molar-refractivity contribution is 0.101. The van der Waals surface area contributed by atoms with Crippen molar-refractivity contribution in [2.75, 3.05) is 5.32 Å². The van der Waals surface area contributed by atoms with E-state index < -0.39 is 0 Å². The van der Waals surface area contributed by atoms with Crippen molar-refractivity contribution in [3.05, 3.63) is 66.3 Å². The SMILES string of the molecule is C/C=C\Cn1c(C(=O)Nc2ccc(F)cc2)cc2occc21. The number of hydrogen-bond acceptors (Lipinski definition) is 2. The molecule has 0 aliphatic rings. The van der Waals surface area contributed by atoms with Crippen LogP contribution in [0.15, 0.2) is 59.2 Å². The van der Waals surface area contributed by atoms with Gasteiger partial charge in [-0.3, -0.25) is 4.79 Å².